The lowest BCUT2D eigenvalue weighted by atomic mass is 10.1. The van der Waals surface area contributed by atoms with Gasteiger partial charge in [0.15, 0.2) is 5.17 Å². The SMILES string of the molecule is O=C1C(Cc2c[nH]c3ccccc23)N=C2c3ccccc3N=C(SCc3cc(=O)n4cc(Cl)ccc4n3)N12. The average molecular weight is 539 g/mol. The first-order valence-electron chi connectivity index (χ1n) is 12.0. The van der Waals surface area contributed by atoms with Crippen LogP contribution in [0.15, 0.2) is 93.9 Å². The summed E-state index contributed by atoms with van der Waals surface area (Å²) in [6.07, 6.45) is 3.98. The van der Waals surface area contributed by atoms with Crippen LogP contribution in [0.3, 0.4) is 0 Å². The van der Waals surface area contributed by atoms with E-state index in [1.807, 2.05) is 54.7 Å². The Morgan fingerprint density at radius 1 is 1.03 bits per heavy atom. The molecule has 2 aromatic carbocycles. The summed E-state index contributed by atoms with van der Waals surface area (Å²) in [6.45, 7) is 0. The topological polar surface area (TPSA) is 95.2 Å². The minimum atomic E-state index is -0.561. The molecule has 5 heterocycles. The molecule has 7 rings (SSSR count). The highest BCUT2D eigenvalue weighted by Crippen LogP contribution is 2.35. The molecular weight excluding hydrogens is 520 g/mol. The van der Waals surface area contributed by atoms with Crippen molar-refractivity contribution in [1.82, 2.24) is 19.3 Å². The van der Waals surface area contributed by atoms with Crippen molar-refractivity contribution in [2.45, 2.75) is 18.2 Å². The molecule has 2 aliphatic heterocycles. The predicted octanol–water partition coefficient (Wildman–Crippen LogP) is 4.96. The zero-order chi connectivity index (χ0) is 25.8. The van der Waals surface area contributed by atoms with Gasteiger partial charge in [0.05, 0.1) is 16.4 Å². The van der Waals surface area contributed by atoms with E-state index in [0.717, 1.165) is 27.7 Å². The normalized spacial score (nSPS) is 16.5. The number of hydrogen-bond acceptors (Lipinski definition) is 6. The van der Waals surface area contributed by atoms with E-state index >= 15 is 0 Å². The Morgan fingerprint density at radius 2 is 1.87 bits per heavy atom. The summed E-state index contributed by atoms with van der Waals surface area (Å²) in [7, 11) is 0. The van der Waals surface area contributed by atoms with E-state index in [1.54, 1.807) is 23.2 Å². The summed E-state index contributed by atoms with van der Waals surface area (Å²) >= 11 is 7.39. The van der Waals surface area contributed by atoms with Crippen LogP contribution in [0, 0.1) is 0 Å². The van der Waals surface area contributed by atoms with Gasteiger partial charge in [-0.1, -0.05) is 53.7 Å². The van der Waals surface area contributed by atoms with Crippen LogP contribution in [0.5, 0.6) is 0 Å². The predicted molar refractivity (Wildman–Crippen MR) is 150 cm³/mol. The third kappa shape index (κ3) is 3.82. The van der Waals surface area contributed by atoms with Crippen LogP contribution in [0.2, 0.25) is 5.02 Å². The molecular formula is C28H19ClN6O2S. The Hall–Kier alpha value is -4.21. The number of pyridine rings is 1. The lowest BCUT2D eigenvalue weighted by Crippen LogP contribution is -2.41. The minimum Gasteiger partial charge on any atom is -0.361 e. The first kappa shape index (κ1) is 22.9. The Bertz CT molecular complexity index is 1890. The first-order valence-corrected chi connectivity index (χ1v) is 13.4. The van der Waals surface area contributed by atoms with Crippen molar-refractivity contribution in [2.24, 2.45) is 9.98 Å². The lowest BCUT2D eigenvalue weighted by Gasteiger charge is -2.25. The smallest absolute Gasteiger partial charge is 0.259 e. The highest BCUT2D eigenvalue weighted by molar-refractivity contribution is 8.13. The van der Waals surface area contributed by atoms with Gasteiger partial charge in [0.1, 0.15) is 17.5 Å². The fourth-order valence-electron chi connectivity index (χ4n) is 4.88. The number of fused-ring (bicyclic) bond motifs is 5. The number of nitrogens with one attached hydrogen (secondary N) is 1. The fraction of sp³-hybridized carbons (Fsp3) is 0.107. The highest BCUT2D eigenvalue weighted by Gasteiger charge is 2.41. The molecule has 1 unspecified atom stereocenters. The maximum atomic E-state index is 13.7. The molecule has 1 amide bonds. The second-order valence-corrected chi connectivity index (χ2v) is 10.4. The van der Waals surface area contributed by atoms with Crippen LogP contribution < -0.4 is 5.56 Å². The number of thioether (sulfide) groups is 1. The summed E-state index contributed by atoms with van der Waals surface area (Å²) in [6, 6.07) is 20.0. The standard InChI is InChI=1S/C28H19ClN6O2S/c29-17-9-10-24-31-18(12-25(36)34(24)14-17)15-38-28-33-22-8-4-2-6-20(22)26-32-23(27(37)35(26)28)11-16-13-30-21-7-3-1-5-19(16)21/h1-10,12-14,23,30H,11,15H2. The summed E-state index contributed by atoms with van der Waals surface area (Å²) in [5, 5.41) is 2.07. The molecule has 10 heteroatoms. The molecule has 0 fully saturated rings. The molecule has 0 saturated carbocycles. The third-order valence-electron chi connectivity index (χ3n) is 6.66. The Balaban J connectivity index is 1.21. The van der Waals surface area contributed by atoms with Gasteiger partial charge in [0.2, 0.25) is 0 Å². The Kier molecular flexibility index (Phi) is 5.41. The van der Waals surface area contributed by atoms with Crippen LogP contribution >= 0.6 is 23.4 Å². The van der Waals surface area contributed by atoms with Crippen molar-refractivity contribution < 1.29 is 4.79 Å². The number of carbonyl (C=O) groups excluding carboxylic acids is 1. The number of H-pyrrole nitrogens is 1. The van der Waals surface area contributed by atoms with E-state index in [-0.39, 0.29) is 11.5 Å². The summed E-state index contributed by atoms with van der Waals surface area (Å²) < 4.78 is 1.41. The zero-order valence-electron chi connectivity index (χ0n) is 19.8. The quantitative estimate of drug-likeness (QED) is 0.350. The number of benzene rings is 2. The largest absolute Gasteiger partial charge is 0.361 e. The van der Waals surface area contributed by atoms with Crippen molar-refractivity contribution in [3.05, 3.63) is 111 Å². The second kappa shape index (κ2) is 8.97. The molecule has 38 heavy (non-hydrogen) atoms. The number of aliphatic imine (C=N–C) groups is 2. The van der Waals surface area contributed by atoms with Crippen LogP contribution in [0.4, 0.5) is 5.69 Å². The molecule has 1 N–H and O–H groups in total. The molecule has 2 aliphatic rings. The van der Waals surface area contributed by atoms with Crippen molar-refractivity contribution in [3.63, 3.8) is 0 Å². The van der Waals surface area contributed by atoms with Crippen LogP contribution in [-0.2, 0) is 17.0 Å². The summed E-state index contributed by atoms with van der Waals surface area (Å²) in [4.78, 5) is 45.5. The number of carbonyl (C=O) groups is 1. The highest BCUT2D eigenvalue weighted by atomic mass is 35.5. The van der Waals surface area contributed by atoms with E-state index in [0.29, 0.717) is 39.5 Å². The van der Waals surface area contributed by atoms with E-state index in [2.05, 4.69) is 9.97 Å². The summed E-state index contributed by atoms with van der Waals surface area (Å²) in [5.74, 6) is 0.848. The van der Waals surface area contributed by atoms with Crippen molar-refractivity contribution in [1.29, 1.82) is 0 Å². The molecule has 0 saturated heterocycles. The number of rotatable bonds is 4. The first-order chi connectivity index (χ1) is 18.5. The third-order valence-corrected chi connectivity index (χ3v) is 7.86. The average Bonchev–Trinajstić information content (AvgIpc) is 3.49. The second-order valence-electron chi connectivity index (χ2n) is 9.07. The van der Waals surface area contributed by atoms with Gasteiger partial charge in [-0.3, -0.25) is 19.0 Å². The molecule has 0 bridgehead atoms. The Labute approximate surface area is 225 Å². The maximum Gasteiger partial charge on any atom is 0.259 e. The van der Waals surface area contributed by atoms with Crippen molar-refractivity contribution >= 4 is 62.5 Å². The molecule has 5 aromatic rings. The number of amides is 1. The van der Waals surface area contributed by atoms with E-state index in [1.165, 1.54) is 22.2 Å². The van der Waals surface area contributed by atoms with Gasteiger partial charge in [0.25, 0.3) is 11.5 Å². The number of aromatic amines is 1. The van der Waals surface area contributed by atoms with Gasteiger partial charge in [-0.05, 0) is 35.9 Å². The molecule has 0 spiro atoms. The number of amidine groups is 2. The summed E-state index contributed by atoms with van der Waals surface area (Å²) in [5.41, 5.74) is 4.53. The van der Waals surface area contributed by atoms with Gasteiger partial charge in [-0.2, -0.15) is 0 Å². The van der Waals surface area contributed by atoms with Gasteiger partial charge in [-0.15, -0.1) is 0 Å². The van der Waals surface area contributed by atoms with Gasteiger partial charge in [0, 0.05) is 47.1 Å². The van der Waals surface area contributed by atoms with Crippen molar-refractivity contribution in [2.75, 3.05) is 0 Å². The molecule has 8 nitrogen and oxygen atoms in total. The van der Waals surface area contributed by atoms with Crippen LogP contribution in [0.1, 0.15) is 16.8 Å². The molecule has 1 atom stereocenters. The Morgan fingerprint density at radius 3 is 2.79 bits per heavy atom. The number of para-hydroxylation sites is 2. The van der Waals surface area contributed by atoms with Gasteiger partial charge < -0.3 is 4.98 Å². The fourth-order valence-corrected chi connectivity index (χ4v) is 5.93. The number of halogens is 1. The van der Waals surface area contributed by atoms with Gasteiger partial charge in [-0.25, -0.2) is 14.9 Å². The maximum absolute atomic E-state index is 13.7. The molecule has 0 radical (unpaired) electrons. The molecule has 186 valence electrons. The monoisotopic (exact) mass is 538 g/mol. The minimum absolute atomic E-state index is 0.118. The number of hydrogen-bond donors (Lipinski definition) is 1. The zero-order valence-corrected chi connectivity index (χ0v) is 21.4. The van der Waals surface area contributed by atoms with E-state index < -0.39 is 6.04 Å². The number of aromatic nitrogens is 3. The van der Waals surface area contributed by atoms with Crippen LogP contribution in [-0.4, -0.2) is 42.2 Å². The van der Waals surface area contributed by atoms with Gasteiger partial charge >= 0.3 is 0 Å². The van der Waals surface area contributed by atoms with E-state index in [4.69, 9.17) is 21.6 Å². The molecule has 3 aromatic heterocycles. The molecule has 0 aliphatic carbocycles. The van der Waals surface area contributed by atoms with Crippen molar-refractivity contribution in [3.8, 4) is 0 Å². The van der Waals surface area contributed by atoms with E-state index in [9.17, 15) is 9.59 Å². The lowest BCUT2D eigenvalue weighted by molar-refractivity contribution is -0.124. The number of nitrogens with zero attached hydrogens (tertiary/aromatic N) is 5. The van der Waals surface area contributed by atoms with Crippen LogP contribution in [0.25, 0.3) is 16.6 Å².